The highest BCUT2D eigenvalue weighted by Gasteiger charge is 2.17. The third kappa shape index (κ3) is 4.97. The lowest BCUT2D eigenvalue weighted by Crippen LogP contribution is -2.43. The highest BCUT2D eigenvalue weighted by atomic mass is 15.2. The molecule has 0 aliphatic heterocycles. The molecule has 0 heterocycles. The Morgan fingerprint density at radius 3 is 2.14 bits per heavy atom. The van der Waals surface area contributed by atoms with E-state index in [1.54, 1.807) is 0 Å². The highest BCUT2D eigenvalue weighted by Crippen LogP contribution is 2.11. The van der Waals surface area contributed by atoms with Crippen LogP contribution in [-0.2, 0) is 0 Å². The average molecular weight is 200 g/mol. The van der Waals surface area contributed by atoms with Gasteiger partial charge in [0.1, 0.15) is 0 Å². The molecule has 0 saturated carbocycles. The Morgan fingerprint density at radius 2 is 1.71 bits per heavy atom. The standard InChI is InChI=1S/C12H28N2/c1-6-8-11(3)14(5)12(9-7-2)10-13-4/h11-13H,6-10H2,1-5H3. The molecule has 0 saturated heterocycles. The third-order valence-corrected chi connectivity index (χ3v) is 3.04. The second-order valence-corrected chi connectivity index (χ2v) is 4.30. The van der Waals surface area contributed by atoms with Gasteiger partial charge in [-0.1, -0.05) is 26.7 Å². The SMILES string of the molecule is CCCC(C)N(C)C(CCC)CNC. The Labute approximate surface area is 90.1 Å². The van der Waals surface area contributed by atoms with Crippen LogP contribution in [-0.4, -0.2) is 37.6 Å². The lowest BCUT2D eigenvalue weighted by atomic mass is 10.1. The largest absolute Gasteiger partial charge is 0.318 e. The van der Waals surface area contributed by atoms with Crippen molar-refractivity contribution in [1.29, 1.82) is 0 Å². The molecule has 0 rings (SSSR count). The van der Waals surface area contributed by atoms with Gasteiger partial charge in [-0.15, -0.1) is 0 Å². The first kappa shape index (κ1) is 13.9. The fraction of sp³-hybridized carbons (Fsp3) is 1.00. The number of hydrogen-bond donors (Lipinski definition) is 1. The molecule has 86 valence electrons. The van der Waals surface area contributed by atoms with Crippen molar-refractivity contribution in [3.05, 3.63) is 0 Å². The van der Waals surface area contributed by atoms with Crippen LogP contribution in [0.4, 0.5) is 0 Å². The zero-order valence-corrected chi connectivity index (χ0v) is 10.6. The molecular formula is C12H28N2. The van der Waals surface area contributed by atoms with Crippen molar-refractivity contribution in [3.63, 3.8) is 0 Å². The summed E-state index contributed by atoms with van der Waals surface area (Å²) >= 11 is 0. The molecule has 0 spiro atoms. The maximum absolute atomic E-state index is 3.29. The molecule has 0 aromatic carbocycles. The average Bonchev–Trinajstić information content (AvgIpc) is 2.17. The van der Waals surface area contributed by atoms with E-state index in [2.05, 4.69) is 38.0 Å². The summed E-state index contributed by atoms with van der Waals surface area (Å²) in [4.78, 5) is 2.53. The summed E-state index contributed by atoms with van der Waals surface area (Å²) in [5.74, 6) is 0. The quantitative estimate of drug-likeness (QED) is 0.647. The van der Waals surface area contributed by atoms with Crippen LogP contribution >= 0.6 is 0 Å². The number of hydrogen-bond acceptors (Lipinski definition) is 2. The molecule has 0 radical (unpaired) electrons. The van der Waals surface area contributed by atoms with Crippen LogP contribution in [0.5, 0.6) is 0 Å². The predicted molar refractivity (Wildman–Crippen MR) is 64.8 cm³/mol. The van der Waals surface area contributed by atoms with E-state index in [1.807, 2.05) is 7.05 Å². The van der Waals surface area contributed by atoms with Gasteiger partial charge in [-0.3, -0.25) is 4.90 Å². The van der Waals surface area contributed by atoms with E-state index >= 15 is 0 Å². The van der Waals surface area contributed by atoms with Crippen LogP contribution in [0, 0.1) is 0 Å². The van der Waals surface area contributed by atoms with Gasteiger partial charge in [0.25, 0.3) is 0 Å². The van der Waals surface area contributed by atoms with Gasteiger partial charge in [0.2, 0.25) is 0 Å². The Kier molecular flexibility index (Phi) is 8.20. The smallest absolute Gasteiger partial charge is 0.0220 e. The van der Waals surface area contributed by atoms with E-state index in [9.17, 15) is 0 Å². The highest BCUT2D eigenvalue weighted by molar-refractivity contribution is 4.74. The van der Waals surface area contributed by atoms with E-state index in [-0.39, 0.29) is 0 Å². The van der Waals surface area contributed by atoms with Crippen molar-refractivity contribution >= 4 is 0 Å². The first-order valence-corrected chi connectivity index (χ1v) is 6.03. The van der Waals surface area contributed by atoms with Crippen LogP contribution in [0.25, 0.3) is 0 Å². The van der Waals surface area contributed by atoms with E-state index in [0.717, 1.165) is 6.54 Å². The molecule has 1 N–H and O–H groups in total. The lowest BCUT2D eigenvalue weighted by molar-refractivity contribution is 0.164. The summed E-state index contributed by atoms with van der Waals surface area (Å²) in [5, 5.41) is 3.29. The maximum Gasteiger partial charge on any atom is 0.0220 e. The van der Waals surface area contributed by atoms with Gasteiger partial charge < -0.3 is 5.32 Å². The van der Waals surface area contributed by atoms with E-state index in [4.69, 9.17) is 0 Å². The summed E-state index contributed by atoms with van der Waals surface area (Å²) in [5.41, 5.74) is 0. The third-order valence-electron chi connectivity index (χ3n) is 3.04. The van der Waals surface area contributed by atoms with E-state index in [1.165, 1.54) is 25.7 Å². The molecule has 2 atom stereocenters. The van der Waals surface area contributed by atoms with Crippen LogP contribution in [0.1, 0.15) is 46.5 Å². The van der Waals surface area contributed by atoms with Crippen LogP contribution in [0.15, 0.2) is 0 Å². The predicted octanol–water partition coefficient (Wildman–Crippen LogP) is 2.49. The number of nitrogens with zero attached hydrogens (tertiary/aromatic N) is 1. The van der Waals surface area contributed by atoms with Gasteiger partial charge in [0, 0.05) is 18.6 Å². The van der Waals surface area contributed by atoms with E-state index in [0.29, 0.717) is 12.1 Å². The van der Waals surface area contributed by atoms with Gasteiger partial charge in [-0.05, 0) is 33.9 Å². The van der Waals surface area contributed by atoms with Gasteiger partial charge >= 0.3 is 0 Å². The molecule has 14 heavy (non-hydrogen) atoms. The topological polar surface area (TPSA) is 15.3 Å². The summed E-state index contributed by atoms with van der Waals surface area (Å²) in [6.07, 6.45) is 5.16. The van der Waals surface area contributed by atoms with Crippen LogP contribution in [0.3, 0.4) is 0 Å². The molecule has 0 fully saturated rings. The summed E-state index contributed by atoms with van der Waals surface area (Å²) in [7, 11) is 4.30. The fourth-order valence-electron chi connectivity index (χ4n) is 2.00. The van der Waals surface area contributed by atoms with Crippen LogP contribution in [0.2, 0.25) is 0 Å². The van der Waals surface area contributed by atoms with Gasteiger partial charge in [-0.2, -0.15) is 0 Å². The minimum Gasteiger partial charge on any atom is -0.318 e. The Morgan fingerprint density at radius 1 is 1.14 bits per heavy atom. The molecule has 2 unspecified atom stereocenters. The van der Waals surface area contributed by atoms with Crippen molar-refractivity contribution in [2.75, 3.05) is 20.6 Å². The molecule has 2 nitrogen and oxygen atoms in total. The Balaban J connectivity index is 4.03. The molecule has 2 heteroatoms. The van der Waals surface area contributed by atoms with E-state index < -0.39 is 0 Å². The molecule has 0 aromatic heterocycles. The van der Waals surface area contributed by atoms with Crippen molar-refractivity contribution in [2.24, 2.45) is 0 Å². The number of likely N-dealkylation sites (N-methyl/N-ethyl adjacent to an activating group) is 2. The van der Waals surface area contributed by atoms with Gasteiger partial charge in [-0.25, -0.2) is 0 Å². The fourth-order valence-corrected chi connectivity index (χ4v) is 2.00. The number of nitrogens with one attached hydrogen (secondary N) is 1. The first-order chi connectivity index (χ1) is 6.67. The molecule has 0 aliphatic rings. The monoisotopic (exact) mass is 200 g/mol. The number of rotatable bonds is 8. The first-order valence-electron chi connectivity index (χ1n) is 6.03. The molecule has 0 aliphatic carbocycles. The minimum atomic E-state index is 0.701. The summed E-state index contributed by atoms with van der Waals surface area (Å²) in [6.45, 7) is 7.97. The maximum atomic E-state index is 3.29. The van der Waals surface area contributed by atoms with Crippen molar-refractivity contribution in [1.82, 2.24) is 10.2 Å². The van der Waals surface area contributed by atoms with Gasteiger partial charge in [0.15, 0.2) is 0 Å². The van der Waals surface area contributed by atoms with Crippen molar-refractivity contribution < 1.29 is 0 Å². The normalized spacial score (nSPS) is 15.9. The molecule has 0 aromatic rings. The van der Waals surface area contributed by atoms with Crippen molar-refractivity contribution in [2.45, 2.75) is 58.5 Å². The van der Waals surface area contributed by atoms with Crippen LogP contribution < -0.4 is 5.32 Å². The minimum absolute atomic E-state index is 0.701. The summed E-state index contributed by atoms with van der Waals surface area (Å²) in [6, 6.07) is 1.41. The summed E-state index contributed by atoms with van der Waals surface area (Å²) < 4.78 is 0. The molecular weight excluding hydrogens is 172 g/mol. The van der Waals surface area contributed by atoms with Gasteiger partial charge in [0.05, 0.1) is 0 Å². The Hall–Kier alpha value is -0.0800. The molecule has 0 amide bonds. The Bertz CT molecular complexity index is 119. The molecule has 0 bridgehead atoms. The second-order valence-electron chi connectivity index (χ2n) is 4.30. The zero-order chi connectivity index (χ0) is 11.0. The van der Waals surface area contributed by atoms with Crippen molar-refractivity contribution in [3.8, 4) is 0 Å². The second kappa shape index (κ2) is 8.25. The lowest BCUT2D eigenvalue weighted by Gasteiger charge is -2.33. The zero-order valence-electron chi connectivity index (χ0n) is 10.6.